The SMILES string of the molecule is Cc1ccc(NCC2(O)CCCCCC2)c(C)c1. The third-order valence-electron chi connectivity index (χ3n) is 4.02. The van der Waals surface area contributed by atoms with E-state index in [4.69, 9.17) is 0 Å². The van der Waals surface area contributed by atoms with Crippen molar-refractivity contribution < 1.29 is 5.11 Å². The molecule has 0 spiro atoms. The molecule has 0 unspecified atom stereocenters. The third kappa shape index (κ3) is 3.49. The molecule has 1 aromatic carbocycles. The average molecular weight is 247 g/mol. The Morgan fingerprint density at radius 1 is 1.11 bits per heavy atom. The molecule has 2 N–H and O–H groups in total. The van der Waals surface area contributed by atoms with Gasteiger partial charge in [-0.2, -0.15) is 0 Å². The lowest BCUT2D eigenvalue weighted by molar-refractivity contribution is 0.0381. The van der Waals surface area contributed by atoms with Crippen LogP contribution in [-0.4, -0.2) is 17.3 Å². The second-order valence-corrected chi connectivity index (χ2v) is 5.81. The summed E-state index contributed by atoms with van der Waals surface area (Å²) in [5.74, 6) is 0. The minimum Gasteiger partial charge on any atom is -0.388 e. The van der Waals surface area contributed by atoms with Gasteiger partial charge in [0.15, 0.2) is 0 Å². The van der Waals surface area contributed by atoms with E-state index in [1.165, 1.54) is 24.0 Å². The molecular formula is C16H25NO. The molecule has 2 nitrogen and oxygen atoms in total. The summed E-state index contributed by atoms with van der Waals surface area (Å²) in [6, 6.07) is 6.41. The van der Waals surface area contributed by atoms with E-state index in [1.807, 2.05) is 0 Å². The number of rotatable bonds is 3. The van der Waals surface area contributed by atoms with Gasteiger partial charge in [0.1, 0.15) is 0 Å². The summed E-state index contributed by atoms with van der Waals surface area (Å²) in [5.41, 5.74) is 3.19. The number of hydrogen-bond donors (Lipinski definition) is 2. The highest BCUT2D eigenvalue weighted by Crippen LogP contribution is 2.28. The first-order valence-corrected chi connectivity index (χ1v) is 7.13. The molecule has 1 aliphatic rings. The molecule has 0 atom stereocenters. The Morgan fingerprint density at radius 2 is 1.78 bits per heavy atom. The highest BCUT2D eigenvalue weighted by atomic mass is 16.3. The number of hydrogen-bond acceptors (Lipinski definition) is 2. The Bertz CT molecular complexity index is 392. The van der Waals surface area contributed by atoms with Crippen molar-refractivity contribution >= 4 is 5.69 Å². The molecule has 1 aromatic rings. The summed E-state index contributed by atoms with van der Waals surface area (Å²) >= 11 is 0. The Morgan fingerprint density at radius 3 is 2.39 bits per heavy atom. The molecular weight excluding hydrogens is 222 g/mol. The fraction of sp³-hybridized carbons (Fsp3) is 0.625. The van der Waals surface area contributed by atoms with E-state index in [1.54, 1.807) is 0 Å². The summed E-state index contributed by atoms with van der Waals surface area (Å²) in [5, 5.41) is 14.0. The van der Waals surface area contributed by atoms with Crippen molar-refractivity contribution in [3.8, 4) is 0 Å². The monoisotopic (exact) mass is 247 g/mol. The Kier molecular flexibility index (Phi) is 4.28. The number of benzene rings is 1. The lowest BCUT2D eigenvalue weighted by atomic mass is 9.94. The fourth-order valence-electron chi connectivity index (χ4n) is 2.84. The summed E-state index contributed by atoms with van der Waals surface area (Å²) in [7, 11) is 0. The zero-order valence-corrected chi connectivity index (χ0v) is 11.6. The zero-order valence-electron chi connectivity index (χ0n) is 11.6. The van der Waals surface area contributed by atoms with Crippen LogP contribution in [0.4, 0.5) is 5.69 Å². The standard InChI is InChI=1S/C16H25NO/c1-13-7-8-15(14(2)11-13)17-12-16(18)9-5-3-4-6-10-16/h7-8,11,17-18H,3-6,9-10,12H2,1-2H3. The second kappa shape index (κ2) is 5.75. The van der Waals surface area contributed by atoms with Crippen molar-refractivity contribution in [2.75, 3.05) is 11.9 Å². The zero-order chi connectivity index (χ0) is 13.0. The van der Waals surface area contributed by atoms with Crippen molar-refractivity contribution in [2.24, 2.45) is 0 Å². The molecule has 0 radical (unpaired) electrons. The topological polar surface area (TPSA) is 32.3 Å². The maximum absolute atomic E-state index is 10.6. The van der Waals surface area contributed by atoms with Crippen LogP contribution in [0.2, 0.25) is 0 Å². The lowest BCUT2D eigenvalue weighted by Crippen LogP contribution is -2.36. The molecule has 2 heteroatoms. The van der Waals surface area contributed by atoms with E-state index in [2.05, 4.69) is 37.4 Å². The Hall–Kier alpha value is -1.02. The number of aryl methyl sites for hydroxylation is 2. The molecule has 18 heavy (non-hydrogen) atoms. The average Bonchev–Trinajstić information content (AvgIpc) is 2.54. The van der Waals surface area contributed by atoms with Gasteiger partial charge in [0.25, 0.3) is 0 Å². The van der Waals surface area contributed by atoms with Crippen LogP contribution in [0.5, 0.6) is 0 Å². The molecule has 1 saturated carbocycles. The van der Waals surface area contributed by atoms with E-state index in [9.17, 15) is 5.11 Å². The maximum Gasteiger partial charge on any atom is 0.0819 e. The fourth-order valence-corrected chi connectivity index (χ4v) is 2.84. The van der Waals surface area contributed by atoms with Crippen LogP contribution in [-0.2, 0) is 0 Å². The highest BCUT2D eigenvalue weighted by Gasteiger charge is 2.27. The van der Waals surface area contributed by atoms with Crippen LogP contribution >= 0.6 is 0 Å². The van der Waals surface area contributed by atoms with Gasteiger partial charge in [-0.3, -0.25) is 0 Å². The number of aliphatic hydroxyl groups is 1. The van der Waals surface area contributed by atoms with Crippen LogP contribution in [0.25, 0.3) is 0 Å². The molecule has 1 aliphatic carbocycles. The second-order valence-electron chi connectivity index (χ2n) is 5.81. The van der Waals surface area contributed by atoms with Crippen LogP contribution in [0.3, 0.4) is 0 Å². The van der Waals surface area contributed by atoms with Crippen molar-refractivity contribution in [1.29, 1.82) is 0 Å². The van der Waals surface area contributed by atoms with Gasteiger partial charge in [-0.15, -0.1) is 0 Å². The van der Waals surface area contributed by atoms with Crippen molar-refractivity contribution in [3.63, 3.8) is 0 Å². The molecule has 0 amide bonds. The first kappa shape index (κ1) is 13.4. The van der Waals surface area contributed by atoms with Gasteiger partial charge in [-0.25, -0.2) is 0 Å². The predicted molar refractivity (Wildman–Crippen MR) is 77.1 cm³/mol. The van der Waals surface area contributed by atoms with E-state index in [-0.39, 0.29) is 0 Å². The normalized spacial score (nSPS) is 19.3. The predicted octanol–water partition coefficient (Wildman–Crippen LogP) is 3.80. The molecule has 100 valence electrons. The minimum atomic E-state index is -0.506. The van der Waals surface area contributed by atoms with E-state index in [0.29, 0.717) is 6.54 Å². The van der Waals surface area contributed by atoms with Gasteiger partial charge in [0.05, 0.1) is 5.60 Å². The summed E-state index contributed by atoms with van der Waals surface area (Å²) in [4.78, 5) is 0. The largest absolute Gasteiger partial charge is 0.388 e. The summed E-state index contributed by atoms with van der Waals surface area (Å²) in [6.45, 7) is 4.90. The van der Waals surface area contributed by atoms with E-state index >= 15 is 0 Å². The molecule has 2 rings (SSSR count). The Balaban J connectivity index is 1.97. The van der Waals surface area contributed by atoms with Gasteiger partial charge in [0, 0.05) is 12.2 Å². The summed E-state index contributed by atoms with van der Waals surface area (Å²) in [6.07, 6.45) is 6.73. The van der Waals surface area contributed by atoms with Gasteiger partial charge < -0.3 is 10.4 Å². The Labute approximate surface area is 110 Å². The van der Waals surface area contributed by atoms with Crippen molar-refractivity contribution in [2.45, 2.75) is 58.0 Å². The lowest BCUT2D eigenvalue weighted by Gasteiger charge is -2.27. The van der Waals surface area contributed by atoms with Gasteiger partial charge in [-0.05, 0) is 38.3 Å². The van der Waals surface area contributed by atoms with E-state index in [0.717, 1.165) is 31.4 Å². The maximum atomic E-state index is 10.6. The van der Waals surface area contributed by atoms with Crippen LogP contribution in [0.1, 0.15) is 49.7 Å². The molecule has 0 bridgehead atoms. The first-order chi connectivity index (χ1) is 8.59. The van der Waals surface area contributed by atoms with E-state index < -0.39 is 5.60 Å². The molecule has 0 heterocycles. The highest BCUT2D eigenvalue weighted by molar-refractivity contribution is 5.52. The van der Waals surface area contributed by atoms with Crippen molar-refractivity contribution in [3.05, 3.63) is 29.3 Å². The molecule has 0 aromatic heterocycles. The van der Waals surface area contributed by atoms with Crippen LogP contribution in [0.15, 0.2) is 18.2 Å². The molecule has 0 aliphatic heterocycles. The van der Waals surface area contributed by atoms with Gasteiger partial charge in [0.2, 0.25) is 0 Å². The number of nitrogens with one attached hydrogen (secondary N) is 1. The quantitative estimate of drug-likeness (QED) is 0.796. The number of anilines is 1. The molecule has 0 saturated heterocycles. The van der Waals surface area contributed by atoms with Crippen LogP contribution in [0, 0.1) is 13.8 Å². The van der Waals surface area contributed by atoms with Crippen LogP contribution < -0.4 is 5.32 Å². The smallest absolute Gasteiger partial charge is 0.0819 e. The van der Waals surface area contributed by atoms with Gasteiger partial charge in [-0.1, -0.05) is 43.4 Å². The van der Waals surface area contributed by atoms with Crippen molar-refractivity contribution in [1.82, 2.24) is 0 Å². The first-order valence-electron chi connectivity index (χ1n) is 7.13. The minimum absolute atomic E-state index is 0.506. The summed E-state index contributed by atoms with van der Waals surface area (Å²) < 4.78 is 0. The van der Waals surface area contributed by atoms with Gasteiger partial charge >= 0.3 is 0 Å². The third-order valence-corrected chi connectivity index (χ3v) is 4.02. The molecule has 1 fully saturated rings.